The van der Waals surface area contributed by atoms with Gasteiger partial charge in [0.1, 0.15) is 0 Å². The van der Waals surface area contributed by atoms with Crippen LogP contribution in [0.2, 0.25) is 0 Å². The van der Waals surface area contributed by atoms with Crippen molar-refractivity contribution in [2.75, 3.05) is 11.1 Å². The number of aryl methyl sites for hydroxylation is 3. The number of hydrogen-bond acceptors (Lipinski definition) is 3. The second-order valence-electron chi connectivity index (χ2n) is 4.77. The molecule has 0 fully saturated rings. The number of carbonyl (C=O) groups is 1. The van der Waals surface area contributed by atoms with Crippen LogP contribution < -0.4 is 5.32 Å². The maximum Gasteiger partial charge on any atom is 0.225 e. The molecule has 1 N–H and O–H groups in total. The first-order valence-corrected chi connectivity index (χ1v) is 7.52. The normalized spacial score (nSPS) is 10.6. The number of imidazole rings is 1. The van der Waals surface area contributed by atoms with Crippen molar-refractivity contribution in [1.29, 1.82) is 0 Å². The van der Waals surface area contributed by atoms with Crippen LogP contribution in [0.25, 0.3) is 0 Å². The Morgan fingerprint density at radius 2 is 2.15 bits per heavy atom. The van der Waals surface area contributed by atoms with Crippen LogP contribution in [0.3, 0.4) is 0 Å². The van der Waals surface area contributed by atoms with Crippen molar-refractivity contribution < 1.29 is 4.79 Å². The molecule has 1 heterocycles. The maximum atomic E-state index is 11.9. The number of carbonyl (C=O) groups excluding carboxylic acids is 1. The molecule has 0 saturated carbocycles. The maximum absolute atomic E-state index is 11.9. The summed E-state index contributed by atoms with van der Waals surface area (Å²) in [6.07, 6.45) is 4.14. The molecule has 2 aromatic rings. The lowest BCUT2D eigenvalue weighted by molar-refractivity contribution is -0.115. The summed E-state index contributed by atoms with van der Waals surface area (Å²) in [6, 6.07) is 5.96. The van der Waals surface area contributed by atoms with Crippen LogP contribution in [0.5, 0.6) is 0 Å². The Morgan fingerprint density at radius 3 is 2.80 bits per heavy atom. The van der Waals surface area contributed by atoms with Gasteiger partial charge in [-0.3, -0.25) is 4.79 Å². The summed E-state index contributed by atoms with van der Waals surface area (Å²) in [4.78, 5) is 16.1. The van der Waals surface area contributed by atoms with E-state index in [1.54, 1.807) is 18.0 Å². The minimum absolute atomic E-state index is 0.0370. The molecule has 0 bridgehead atoms. The van der Waals surface area contributed by atoms with Gasteiger partial charge in [0, 0.05) is 37.3 Å². The third-order valence-electron chi connectivity index (χ3n) is 3.13. The Bertz CT molecular complexity index is 607. The van der Waals surface area contributed by atoms with Crippen LogP contribution in [-0.2, 0) is 11.8 Å². The van der Waals surface area contributed by atoms with E-state index >= 15 is 0 Å². The molecule has 0 unspecified atom stereocenters. The highest BCUT2D eigenvalue weighted by atomic mass is 32.2. The molecule has 4 nitrogen and oxygen atoms in total. The van der Waals surface area contributed by atoms with Gasteiger partial charge in [0.2, 0.25) is 5.91 Å². The van der Waals surface area contributed by atoms with Crippen LogP contribution in [0.1, 0.15) is 17.5 Å². The first-order valence-electron chi connectivity index (χ1n) is 6.53. The van der Waals surface area contributed by atoms with Gasteiger partial charge in [0.15, 0.2) is 5.16 Å². The Labute approximate surface area is 123 Å². The van der Waals surface area contributed by atoms with Crippen LogP contribution in [0, 0.1) is 13.8 Å². The number of hydrogen-bond donors (Lipinski definition) is 1. The summed E-state index contributed by atoms with van der Waals surface area (Å²) in [7, 11) is 1.95. The molecule has 5 heteroatoms. The lowest BCUT2D eigenvalue weighted by Crippen LogP contribution is -2.12. The summed E-state index contributed by atoms with van der Waals surface area (Å²) in [5.74, 6) is 0.761. The first kappa shape index (κ1) is 14.7. The molecule has 0 aliphatic heterocycles. The molecule has 1 amide bonds. The van der Waals surface area contributed by atoms with E-state index in [4.69, 9.17) is 0 Å². The topological polar surface area (TPSA) is 46.9 Å². The summed E-state index contributed by atoms with van der Waals surface area (Å²) >= 11 is 1.59. The molecule has 1 aromatic carbocycles. The zero-order chi connectivity index (χ0) is 14.5. The lowest BCUT2D eigenvalue weighted by Gasteiger charge is -2.07. The number of benzene rings is 1. The van der Waals surface area contributed by atoms with E-state index in [2.05, 4.69) is 17.2 Å². The Balaban J connectivity index is 1.80. The first-order chi connectivity index (χ1) is 9.56. The van der Waals surface area contributed by atoms with Crippen LogP contribution >= 0.6 is 11.8 Å². The van der Waals surface area contributed by atoms with Crippen molar-refractivity contribution in [2.24, 2.45) is 7.05 Å². The molecule has 20 heavy (non-hydrogen) atoms. The van der Waals surface area contributed by atoms with Gasteiger partial charge in [-0.25, -0.2) is 4.98 Å². The van der Waals surface area contributed by atoms with E-state index in [-0.39, 0.29) is 5.91 Å². The van der Waals surface area contributed by atoms with Crippen molar-refractivity contribution in [3.63, 3.8) is 0 Å². The molecule has 0 aliphatic carbocycles. The summed E-state index contributed by atoms with van der Waals surface area (Å²) in [6.45, 7) is 4.10. The zero-order valence-corrected chi connectivity index (χ0v) is 12.8. The monoisotopic (exact) mass is 289 g/mol. The van der Waals surface area contributed by atoms with Gasteiger partial charge in [-0.2, -0.15) is 0 Å². The van der Waals surface area contributed by atoms with Gasteiger partial charge in [0.05, 0.1) is 0 Å². The molecule has 0 radical (unpaired) electrons. The van der Waals surface area contributed by atoms with Crippen molar-refractivity contribution in [3.8, 4) is 0 Å². The second kappa shape index (κ2) is 6.61. The zero-order valence-electron chi connectivity index (χ0n) is 12.0. The predicted molar refractivity (Wildman–Crippen MR) is 83.1 cm³/mol. The van der Waals surface area contributed by atoms with Gasteiger partial charge in [-0.05, 0) is 37.1 Å². The number of rotatable bonds is 5. The van der Waals surface area contributed by atoms with Crippen molar-refractivity contribution >= 4 is 23.4 Å². The summed E-state index contributed by atoms with van der Waals surface area (Å²) in [5, 5.41) is 3.86. The summed E-state index contributed by atoms with van der Waals surface area (Å²) < 4.78 is 1.95. The van der Waals surface area contributed by atoms with E-state index < -0.39 is 0 Å². The Kier molecular flexibility index (Phi) is 4.84. The minimum atomic E-state index is 0.0370. The van der Waals surface area contributed by atoms with E-state index in [0.29, 0.717) is 6.42 Å². The van der Waals surface area contributed by atoms with Gasteiger partial charge >= 0.3 is 0 Å². The minimum Gasteiger partial charge on any atom is -0.329 e. The van der Waals surface area contributed by atoms with E-state index in [0.717, 1.165) is 16.6 Å². The number of amides is 1. The van der Waals surface area contributed by atoms with Crippen molar-refractivity contribution in [2.45, 2.75) is 25.4 Å². The standard InChI is InChI=1S/C15H19N3OS/c1-11-4-5-13(10-12(11)2)17-14(19)6-9-20-15-16-7-8-18(15)3/h4-5,7-8,10H,6,9H2,1-3H3,(H,17,19). The number of anilines is 1. The van der Waals surface area contributed by atoms with Gasteiger partial charge in [-0.15, -0.1) is 0 Å². The summed E-state index contributed by atoms with van der Waals surface area (Å²) in [5.41, 5.74) is 3.28. The largest absolute Gasteiger partial charge is 0.329 e. The van der Waals surface area contributed by atoms with Gasteiger partial charge in [0.25, 0.3) is 0 Å². The van der Waals surface area contributed by atoms with E-state index in [9.17, 15) is 4.79 Å². The average Bonchev–Trinajstić information content (AvgIpc) is 2.80. The van der Waals surface area contributed by atoms with Gasteiger partial charge in [-0.1, -0.05) is 17.8 Å². The SMILES string of the molecule is Cc1ccc(NC(=O)CCSc2nccn2C)cc1C. The fraction of sp³-hybridized carbons (Fsp3) is 0.333. The highest BCUT2D eigenvalue weighted by Gasteiger charge is 2.05. The molecule has 0 saturated heterocycles. The molecule has 2 rings (SSSR count). The third-order valence-corrected chi connectivity index (χ3v) is 4.19. The van der Waals surface area contributed by atoms with Crippen molar-refractivity contribution in [3.05, 3.63) is 41.7 Å². The molecule has 0 atom stereocenters. The quantitative estimate of drug-likeness (QED) is 0.860. The Hall–Kier alpha value is -1.75. The highest BCUT2D eigenvalue weighted by molar-refractivity contribution is 7.99. The Morgan fingerprint density at radius 1 is 1.35 bits per heavy atom. The molecule has 0 spiro atoms. The van der Waals surface area contributed by atoms with Gasteiger partial charge < -0.3 is 9.88 Å². The van der Waals surface area contributed by atoms with E-state index in [1.165, 1.54) is 11.1 Å². The number of nitrogens with zero attached hydrogens (tertiary/aromatic N) is 2. The number of nitrogens with one attached hydrogen (secondary N) is 1. The molecule has 1 aromatic heterocycles. The fourth-order valence-corrected chi connectivity index (χ4v) is 2.64. The molecule has 106 valence electrons. The van der Waals surface area contributed by atoms with Crippen LogP contribution in [-0.4, -0.2) is 21.2 Å². The molecule has 0 aliphatic rings. The molecular weight excluding hydrogens is 270 g/mol. The highest BCUT2D eigenvalue weighted by Crippen LogP contribution is 2.17. The third kappa shape index (κ3) is 3.87. The van der Waals surface area contributed by atoms with Crippen molar-refractivity contribution in [1.82, 2.24) is 9.55 Å². The predicted octanol–water partition coefficient (Wildman–Crippen LogP) is 3.16. The fourth-order valence-electron chi connectivity index (χ4n) is 1.77. The smallest absolute Gasteiger partial charge is 0.225 e. The van der Waals surface area contributed by atoms with Crippen LogP contribution in [0.4, 0.5) is 5.69 Å². The lowest BCUT2D eigenvalue weighted by atomic mass is 10.1. The number of thioether (sulfide) groups is 1. The van der Waals surface area contributed by atoms with Crippen LogP contribution in [0.15, 0.2) is 35.7 Å². The van der Waals surface area contributed by atoms with E-state index in [1.807, 2.05) is 42.9 Å². The second-order valence-corrected chi connectivity index (χ2v) is 5.83. The average molecular weight is 289 g/mol. The number of aromatic nitrogens is 2. The molecular formula is C15H19N3OS.